The Bertz CT molecular complexity index is 1040. The number of nitrogens with zero attached hydrogens (tertiary/aromatic N) is 1. The molecular formula is C22H24N2O4. The summed E-state index contributed by atoms with van der Waals surface area (Å²) in [5.74, 6) is -0.510. The van der Waals surface area contributed by atoms with Crippen LogP contribution in [0.4, 0.5) is 0 Å². The van der Waals surface area contributed by atoms with E-state index in [9.17, 15) is 14.7 Å². The number of hydrogen-bond donors (Lipinski definition) is 2. The topological polar surface area (TPSA) is 80.6 Å². The lowest BCUT2D eigenvalue weighted by atomic mass is 10.0. The van der Waals surface area contributed by atoms with Crippen molar-refractivity contribution in [1.29, 1.82) is 0 Å². The lowest BCUT2D eigenvalue weighted by molar-refractivity contribution is 0.0695. The van der Waals surface area contributed by atoms with Crippen LogP contribution in [0.3, 0.4) is 0 Å². The Hall–Kier alpha value is -3.12. The molecule has 28 heavy (non-hydrogen) atoms. The van der Waals surface area contributed by atoms with Crippen molar-refractivity contribution >= 4 is 16.9 Å². The number of pyridine rings is 1. The van der Waals surface area contributed by atoms with Gasteiger partial charge in [0.2, 0.25) is 5.43 Å². The number of fused-ring (bicyclic) bond motifs is 1. The molecule has 0 aliphatic carbocycles. The summed E-state index contributed by atoms with van der Waals surface area (Å²) in [5, 5.41) is 12.8. The molecule has 0 saturated carbocycles. The molecule has 1 heterocycles. The van der Waals surface area contributed by atoms with Crippen molar-refractivity contribution in [1.82, 2.24) is 9.88 Å². The number of aryl methyl sites for hydroxylation is 1. The summed E-state index contributed by atoms with van der Waals surface area (Å²) in [6.07, 6.45) is 2.00. The minimum Gasteiger partial charge on any atom is -0.492 e. The summed E-state index contributed by atoms with van der Waals surface area (Å²) in [6.45, 7) is 3.65. The molecule has 0 radical (unpaired) electrons. The summed E-state index contributed by atoms with van der Waals surface area (Å²) in [4.78, 5) is 24.3. The summed E-state index contributed by atoms with van der Waals surface area (Å²) in [6, 6.07) is 13.5. The molecular weight excluding hydrogens is 356 g/mol. The largest absolute Gasteiger partial charge is 0.492 e. The van der Waals surface area contributed by atoms with Gasteiger partial charge in [0, 0.05) is 37.2 Å². The molecule has 2 N–H and O–H groups in total. The second-order valence-corrected chi connectivity index (χ2v) is 6.55. The zero-order valence-corrected chi connectivity index (χ0v) is 16.1. The Labute approximate surface area is 163 Å². The molecule has 0 atom stereocenters. The maximum absolute atomic E-state index is 12.8. The van der Waals surface area contributed by atoms with E-state index in [4.69, 9.17) is 4.74 Å². The summed E-state index contributed by atoms with van der Waals surface area (Å²) in [7, 11) is 1.86. The molecule has 1 aromatic heterocycles. The molecule has 2 aromatic carbocycles. The van der Waals surface area contributed by atoms with Crippen molar-refractivity contribution in [3.8, 4) is 5.75 Å². The van der Waals surface area contributed by atoms with Gasteiger partial charge >= 0.3 is 5.97 Å². The third kappa shape index (κ3) is 4.07. The summed E-state index contributed by atoms with van der Waals surface area (Å²) >= 11 is 0. The van der Waals surface area contributed by atoms with Gasteiger partial charge in [0.25, 0.3) is 0 Å². The van der Waals surface area contributed by atoms with Crippen molar-refractivity contribution < 1.29 is 14.6 Å². The zero-order chi connectivity index (χ0) is 20.1. The van der Waals surface area contributed by atoms with Crippen LogP contribution in [0, 0.1) is 0 Å². The molecule has 6 nitrogen and oxygen atoms in total. The van der Waals surface area contributed by atoms with Crippen LogP contribution in [0.1, 0.15) is 28.4 Å². The maximum atomic E-state index is 12.8. The van der Waals surface area contributed by atoms with E-state index in [0.717, 1.165) is 11.1 Å². The first-order valence-electron chi connectivity index (χ1n) is 9.29. The number of rotatable bonds is 8. The normalized spacial score (nSPS) is 10.9. The van der Waals surface area contributed by atoms with Gasteiger partial charge in [0.1, 0.15) is 17.9 Å². The van der Waals surface area contributed by atoms with Crippen molar-refractivity contribution in [3.63, 3.8) is 0 Å². The minimum atomic E-state index is -1.21. The van der Waals surface area contributed by atoms with Crippen molar-refractivity contribution in [2.24, 2.45) is 0 Å². The van der Waals surface area contributed by atoms with Gasteiger partial charge in [-0.1, -0.05) is 30.3 Å². The highest BCUT2D eigenvalue weighted by Crippen LogP contribution is 2.27. The molecule has 0 aliphatic rings. The van der Waals surface area contributed by atoms with Crippen LogP contribution in [-0.4, -0.2) is 35.8 Å². The minimum absolute atomic E-state index is 0.219. The Morgan fingerprint density at radius 3 is 2.61 bits per heavy atom. The first kappa shape index (κ1) is 19.6. The number of carbonyl (C=O) groups is 1. The number of aromatic carboxylic acids is 1. The highest BCUT2D eigenvalue weighted by atomic mass is 16.5. The Balaban J connectivity index is 2.19. The monoisotopic (exact) mass is 380 g/mol. The van der Waals surface area contributed by atoms with Crippen molar-refractivity contribution in [2.45, 2.75) is 19.9 Å². The zero-order valence-electron chi connectivity index (χ0n) is 16.1. The highest BCUT2D eigenvalue weighted by molar-refractivity contribution is 5.93. The van der Waals surface area contributed by atoms with E-state index < -0.39 is 11.4 Å². The first-order valence-corrected chi connectivity index (χ1v) is 9.29. The lowest BCUT2D eigenvalue weighted by Crippen LogP contribution is -2.20. The fourth-order valence-corrected chi connectivity index (χ4v) is 3.23. The van der Waals surface area contributed by atoms with E-state index in [1.54, 1.807) is 10.6 Å². The number of benzene rings is 2. The van der Waals surface area contributed by atoms with Crippen LogP contribution < -0.4 is 15.5 Å². The molecule has 3 aromatic rings. The number of carboxylic acids is 1. The second-order valence-electron chi connectivity index (χ2n) is 6.55. The number of nitrogens with one attached hydrogen (secondary N) is 1. The van der Waals surface area contributed by atoms with Gasteiger partial charge < -0.3 is 19.7 Å². The molecule has 0 bridgehead atoms. The van der Waals surface area contributed by atoms with Crippen LogP contribution in [0.25, 0.3) is 10.9 Å². The van der Waals surface area contributed by atoms with Gasteiger partial charge in [-0.25, -0.2) is 4.79 Å². The average molecular weight is 380 g/mol. The average Bonchev–Trinajstić information content (AvgIpc) is 2.70. The van der Waals surface area contributed by atoms with Gasteiger partial charge in [-0.3, -0.25) is 4.79 Å². The van der Waals surface area contributed by atoms with E-state index in [1.165, 1.54) is 6.20 Å². The SMILES string of the molecule is CCn1cc(C(=O)O)c(=O)c2cc(Cc3ccccc3)c(OCCNC)cc21. The van der Waals surface area contributed by atoms with E-state index >= 15 is 0 Å². The number of hydrogen-bond acceptors (Lipinski definition) is 4. The number of likely N-dealkylation sites (N-methyl/N-ethyl adjacent to an activating group) is 1. The van der Waals surface area contributed by atoms with Crippen LogP contribution in [0.15, 0.2) is 53.5 Å². The van der Waals surface area contributed by atoms with Crippen LogP contribution >= 0.6 is 0 Å². The first-order chi connectivity index (χ1) is 13.5. The van der Waals surface area contributed by atoms with Gasteiger partial charge in [-0.2, -0.15) is 0 Å². The molecule has 0 aliphatic heterocycles. The van der Waals surface area contributed by atoms with Crippen molar-refractivity contribution in [2.75, 3.05) is 20.2 Å². The van der Waals surface area contributed by atoms with E-state index in [2.05, 4.69) is 5.32 Å². The molecule has 6 heteroatoms. The standard InChI is InChI=1S/C22H24N2O4/c1-3-24-14-18(22(26)27)21(25)17-12-16(11-15-7-5-4-6-8-15)20(13-19(17)24)28-10-9-23-2/h4-8,12-14,23H,3,9-11H2,1-2H3,(H,26,27). The number of aromatic nitrogens is 1. The van der Waals surface area contributed by atoms with E-state index in [-0.39, 0.29) is 5.56 Å². The Kier molecular flexibility index (Phi) is 6.11. The highest BCUT2D eigenvalue weighted by Gasteiger charge is 2.17. The Morgan fingerprint density at radius 2 is 1.96 bits per heavy atom. The molecule has 0 amide bonds. The predicted molar refractivity (Wildman–Crippen MR) is 110 cm³/mol. The van der Waals surface area contributed by atoms with Crippen LogP contribution in [0.5, 0.6) is 5.75 Å². The van der Waals surface area contributed by atoms with Crippen LogP contribution in [0.2, 0.25) is 0 Å². The molecule has 0 saturated heterocycles. The molecule has 3 rings (SSSR count). The summed E-state index contributed by atoms with van der Waals surface area (Å²) < 4.78 is 7.76. The van der Waals surface area contributed by atoms with Gasteiger partial charge in [-0.15, -0.1) is 0 Å². The summed E-state index contributed by atoms with van der Waals surface area (Å²) in [5.41, 5.74) is 1.93. The lowest BCUT2D eigenvalue weighted by Gasteiger charge is -2.16. The van der Waals surface area contributed by atoms with E-state index in [0.29, 0.717) is 42.8 Å². The van der Waals surface area contributed by atoms with E-state index in [1.807, 2.05) is 50.4 Å². The number of carboxylic acid groups (broad SMARTS) is 1. The van der Waals surface area contributed by atoms with Crippen LogP contribution in [-0.2, 0) is 13.0 Å². The molecule has 0 spiro atoms. The fourth-order valence-electron chi connectivity index (χ4n) is 3.23. The third-order valence-corrected chi connectivity index (χ3v) is 4.68. The smallest absolute Gasteiger partial charge is 0.341 e. The molecule has 146 valence electrons. The number of ether oxygens (including phenoxy) is 1. The fraction of sp³-hybridized carbons (Fsp3) is 0.273. The van der Waals surface area contributed by atoms with Gasteiger partial charge in [-0.05, 0) is 31.2 Å². The predicted octanol–water partition coefficient (Wildman–Crippen LogP) is 2.91. The quantitative estimate of drug-likeness (QED) is 0.588. The molecule has 0 fully saturated rings. The second kappa shape index (κ2) is 8.71. The molecule has 0 unspecified atom stereocenters. The van der Waals surface area contributed by atoms with Gasteiger partial charge in [0.05, 0.1) is 5.52 Å². The third-order valence-electron chi connectivity index (χ3n) is 4.68. The van der Waals surface area contributed by atoms with Crippen molar-refractivity contribution in [3.05, 3.63) is 75.6 Å². The van der Waals surface area contributed by atoms with Gasteiger partial charge in [0.15, 0.2) is 0 Å². The Morgan fingerprint density at radius 1 is 1.21 bits per heavy atom. The maximum Gasteiger partial charge on any atom is 0.341 e.